The standard InChI is InChI=1S/C31H27BrN2O3S/c1-22-17-19-26(20-18-22)38(36,37)33-21-23(2)29(30(33)27-15-9-10-16-28(27)32)31(35)34(24-11-5-3-6-12-24)25-13-7-4-8-14-25/h3-20,29-30H,2,21H2,1H3/t29-,30-/m0/s1. The molecule has 7 heteroatoms. The fraction of sp³-hybridized carbons (Fsp3) is 0.129. The minimum atomic E-state index is -3.94. The maximum absolute atomic E-state index is 14.5. The molecule has 5 nitrogen and oxygen atoms in total. The van der Waals surface area contributed by atoms with Crippen LogP contribution in [0.15, 0.2) is 131 Å². The third-order valence-electron chi connectivity index (χ3n) is 6.79. The molecule has 38 heavy (non-hydrogen) atoms. The monoisotopic (exact) mass is 586 g/mol. The van der Waals surface area contributed by atoms with Crippen molar-refractivity contribution in [2.24, 2.45) is 5.92 Å². The molecule has 4 aromatic rings. The lowest BCUT2D eigenvalue weighted by Crippen LogP contribution is -2.38. The number of anilines is 2. The first-order valence-corrected chi connectivity index (χ1v) is 14.5. The van der Waals surface area contributed by atoms with Gasteiger partial charge in [-0.05, 0) is 60.5 Å². The molecule has 0 bridgehead atoms. The summed E-state index contributed by atoms with van der Waals surface area (Å²) in [6.07, 6.45) is 0. The highest BCUT2D eigenvalue weighted by molar-refractivity contribution is 9.10. The Bertz CT molecular complexity index is 1530. The number of carbonyl (C=O) groups is 1. The number of aryl methyl sites for hydroxylation is 1. The van der Waals surface area contributed by atoms with Crippen LogP contribution >= 0.6 is 15.9 Å². The van der Waals surface area contributed by atoms with Crippen LogP contribution in [0.3, 0.4) is 0 Å². The topological polar surface area (TPSA) is 57.7 Å². The first-order chi connectivity index (χ1) is 18.3. The minimum Gasteiger partial charge on any atom is -0.280 e. The van der Waals surface area contributed by atoms with Crippen molar-refractivity contribution in [3.63, 3.8) is 0 Å². The van der Waals surface area contributed by atoms with Gasteiger partial charge in [0.15, 0.2) is 0 Å². The third kappa shape index (κ3) is 4.85. The first-order valence-electron chi connectivity index (χ1n) is 12.2. The van der Waals surface area contributed by atoms with Crippen molar-refractivity contribution in [3.8, 4) is 0 Å². The van der Waals surface area contributed by atoms with Crippen molar-refractivity contribution in [3.05, 3.63) is 137 Å². The molecular formula is C31H27BrN2O3S. The summed E-state index contributed by atoms with van der Waals surface area (Å²) in [4.78, 5) is 16.4. The molecule has 0 aliphatic carbocycles. The van der Waals surface area contributed by atoms with Gasteiger partial charge in [0.25, 0.3) is 0 Å². The fourth-order valence-corrected chi connectivity index (χ4v) is 7.06. The van der Waals surface area contributed by atoms with Crippen LogP contribution in [0.4, 0.5) is 11.4 Å². The Morgan fingerprint density at radius 2 is 1.37 bits per heavy atom. The van der Waals surface area contributed by atoms with Crippen molar-refractivity contribution in [2.75, 3.05) is 11.4 Å². The molecule has 0 aromatic heterocycles. The molecule has 1 saturated heterocycles. The van der Waals surface area contributed by atoms with Gasteiger partial charge >= 0.3 is 0 Å². The summed E-state index contributed by atoms with van der Waals surface area (Å²) in [6.45, 7) is 6.18. The molecule has 0 unspecified atom stereocenters. The molecular weight excluding hydrogens is 560 g/mol. The third-order valence-corrected chi connectivity index (χ3v) is 9.36. The van der Waals surface area contributed by atoms with E-state index in [4.69, 9.17) is 0 Å². The molecule has 1 heterocycles. The molecule has 4 aromatic carbocycles. The van der Waals surface area contributed by atoms with Crippen LogP contribution in [0, 0.1) is 12.8 Å². The Labute approximate surface area is 232 Å². The van der Waals surface area contributed by atoms with E-state index >= 15 is 0 Å². The molecule has 192 valence electrons. The molecule has 1 fully saturated rings. The lowest BCUT2D eigenvalue weighted by atomic mass is 9.90. The van der Waals surface area contributed by atoms with Crippen LogP contribution in [0.5, 0.6) is 0 Å². The number of benzene rings is 4. The maximum Gasteiger partial charge on any atom is 0.243 e. The normalized spacial score (nSPS) is 17.9. The van der Waals surface area contributed by atoms with Gasteiger partial charge in [0.1, 0.15) is 0 Å². The van der Waals surface area contributed by atoms with Crippen molar-refractivity contribution in [1.29, 1.82) is 0 Å². The molecule has 1 amide bonds. The lowest BCUT2D eigenvalue weighted by molar-refractivity contribution is -0.121. The number of rotatable bonds is 6. The summed E-state index contributed by atoms with van der Waals surface area (Å²) in [6, 6.07) is 32.2. The molecule has 1 aliphatic rings. The zero-order valence-corrected chi connectivity index (χ0v) is 23.3. The molecule has 0 N–H and O–H groups in total. The molecule has 1 aliphatic heterocycles. The molecule has 0 radical (unpaired) electrons. The number of hydrogen-bond acceptors (Lipinski definition) is 3. The van der Waals surface area contributed by atoms with E-state index in [1.807, 2.05) is 91.9 Å². The van der Waals surface area contributed by atoms with Crippen molar-refractivity contribution >= 4 is 43.2 Å². The van der Waals surface area contributed by atoms with E-state index in [0.29, 0.717) is 22.5 Å². The SMILES string of the molecule is C=C1CN(S(=O)(=O)c2ccc(C)cc2)[C@@H](c2ccccc2Br)[C@H]1C(=O)N(c1ccccc1)c1ccccc1. The molecule has 0 saturated carbocycles. The number of nitrogens with zero attached hydrogens (tertiary/aromatic N) is 2. The van der Waals surface area contributed by atoms with Gasteiger partial charge in [-0.2, -0.15) is 4.31 Å². The van der Waals surface area contributed by atoms with Crippen molar-refractivity contribution in [2.45, 2.75) is 17.9 Å². The number of sulfonamides is 1. The fourth-order valence-electron chi connectivity index (χ4n) is 4.92. The summed E-state index contributed by atoms with van der Waals surface area (Å²) >= 11 is 3.61. The predicted molar refractivity (Wildman–Crippen MR) is 155 cm³/mol. The largest absolute Gasteiger partial charge is 0.280 e. The van der Waals surface area contributed by atoms with E-state index in [2.05, 4.69) is 22.5 Å². The van der Waals surface area contributed by atoms with Crippen LogP contribution in [-0.4, -0.2) is 25.2 Å². The van der Waals surface area contributed by atoms with Gasteiger partial charge in [-0.1, -0.05) is 94.8 Å². The summed E-state index contributed by atoms with van der Waals surface area (Å²) in [5.74, 6) is -1.05. The van der Waals surface area contributed by atoms with Crippen molar-refractivity contribution in [1.82, 2.24) is 4.31 Å². The van der Waals surface area contributed by atoms with E-state index in [9.17, 15) is 13.2 Å². The average molecular weight is 588 g/mol. The number of carbonyl (C=O) groups excluding carboxylic acids is 1. The van der Waals surface area contributed by atoms with Crippen LogP contribution in [-0.2, 0) is 14.8 Å². The number of hydrogen-bond donors (Lipinski definition) is 0. The van der Waals surface area contributed by atoms with E-state index in [-0.39, 0.29) is 17.3 Å². The smallest absolute Gasteiger partial charge is 0.243 e. The Hall–Kier alpha value is -3.52. The summed E-state index contributed by atoms with van der Waals surface area (Å²) in [7, 11) is -3.94. The van der Waals surface area contributed by atoms with Crippen LogP contribution in [0.1, 0.15) is 17.2 Å². The second-order valence-corrected chi connectivity index (χ2v) is 12.1. The number of para-hydroxylation sites is 2. The zero-order chi connectivity index (χ0) is 26.9. The lowest BCUT2D eigenvalue weighted by Gasteiger charge is -2.32. The quantitative estimate of drug-likeness (QED) is 0.228. The van der Waals surface area contributed by atoms with Crippen LogP contribution < -0.4 is 4.90 Å². The highest BCUT2D eigenvalue weighted by Gasteiger charge is 2.49. The first kappa shape index (κ1) is 26.1. The van der Waals surface area contributed by atoms with Gasteiger partial charge in [-0.15, -0.1) is 0 Å². The predicted octanol–water partition coefficient (Wildman–Crippen LogP) is 7.04. The van der Waals surface area contributed by atoms with Crippen molar-refractivity contribution < 1.29 is 13.2 Å². The van der Waals surface area contributed by atoms with E-state index in [0.717, 1.165) is 10.0 Å². The van der Waals surface area contributed by atoms with Gasteiger partial charge in [0, 0.05) is 22.4 Å². The Kier molecular flexibility index (Phi) is 7.34. The van der Waals surface area contributed by atoms with Gasteiger partial charge in [0.05, 0.1) is 16.9 Å². The average Bonchev–Trinajstić information content (AvgIpc) is 3.28. The minimum absolute atomic E-state index is 0.0377. The molecule has 2 atom stereocenters. The second kappa shape index (κ2) is 10.7. The van der Waals surface area contributed by atoms with Gasteiger partial charge in [0.2, 0.25) is 15.9 Å². The van der Waals surface area contributed by atoms with Crippen LogP contribution in [0.25, 0.3) is 0 Å². The Morgan fingerprint density at radius 1 is 0.842 bits per heavy atom. The number of halogens is 1. The van der Waals surface area contributed by atoms with Gasteiger partial charge < -0.3 is 0 Å². The van der Waals surface area contributed by atoms with E-state index in [1.54, 1.807) is 29.2 Å². The maximum atomic E-state index is 14.5. The number of amides is 1. The Morgan fingerprint density at radius 3 is 1.92 bits per heavy atom. The summed E-state index contributed by atoms with van der Waals surface area (Å²) < 4.78 is 30.2. The van der Waals surface area contributed by atoms with Gasteiger partial charge in [-0.3, -0.25) is 9.69 Å². The van der Waals surface area contributed by atoms with E-state index < -0.39 is 22.0 Å². The highest BCUT2D eigenvalue weighted by Crippen LogP contribution is 2.47. The zero-order valence-electron chi connectivity index (χ0n) is 20.9. The molecule has 5 rings (SSSR count). The van der Waals surface area contributed by atoms with Gasteiger partial charge in [-0.25, -0.2) is 8.42 Å². The summed E-state index contributed by atoms with van der Waals surface area (Å²) in [5, 5.41) is 0. The summed E-state index contributed by atoms with van der Waals surface area (Å²) in [5.41, 5.74) is 3.61. The van der Waals surface area contributed by atoms with E-state index in [1.165, 1.54) is 4.31 Å². The highest BCUT2D eigenvalue weighted by atomic mass is 79.9. The van der Waals surface area contributed by atoms with Crippen LogP contribution in [0.2, 0.25) is 0 Å². The molecule has 0 spiro atoms. The Balaban J connectivity index is 1.66. The second-order valence-electron chi connectivity index (χ2n) is 9.31.